The summed E-state index contributed by atoms with van der Waals surface area (Å²) in [6.07, 6.45) is 0. The third-order valence-electron chi connectivity index (χ3n) is 3.85. The van der Waals surface area contributed by atoms with Gasteiger partial charge in [-0.1, -0.05) is 35.9 Å². The van der Waals surface area contributed by atoms with Crippen molar-refractivity contribution in [2.75, 3.05) is 19.0 Å². The summed E-state index contributed by atoms with van der Waals surface area (Å²) in [6.45, 7) is 5.02. The van der Waals surface area contributed by atoms with Crippen molar-refractivity contribution in [2.24, 2.45) is 0 Å². The van der Waals surface area contributed by atoms with Gasteiger partial charge in [0.05, 0.1) is 6.04 Å². The Morgan fingerprint density at radius 2 is 1.95 bits per heavy atom. The first-order valence-electron chi connectivity index (χ1n) is 7.13. The molecule has 0 bridgehead atoms. The van der Waals surface area contributed by atoms with Crippen LogP contribution in [0, 0.1) is 6.92 Å². The summed E-state index contributed by atoms with van der Waals surface area (Å²) in [7, 11) is 3.99. The summed E-state index contributed by atoms with van der Waals surface area (Å²) in [5, 5.41) is 3.95. The molecule has 0 radical (unpaired) electrons. The summed E-state index contributed by atoms with van der Waals surface area (Å²) in [5.74, 6) is 0.958. The average Bonchev–Trinajstić information content (AvgIpc) is 2.48. The van der Waals surface area contributed by atoms with Gasteiger partial charge in [-0.2, -0.15) is 0 Å². The Hall–Kier alpha value is -1.58. The van der Waals surface area contributed by atoms with Gasteiger partial charge < -0.3 is 10.2 Å². The van der Waals surface area contributed by atoms with E-state index >= 15 is 0 Å². The molecule has 2 rings (SSSR count). The van der Waals surface area contributed by atoms with Crippen LogP contribution in [0.4, 0.5) is 5.82 Å². The number of benzene rings is 1. The lowest BCUT2D eigenvalue weighted by atomic mass is 10.1. The summed E-state index contributed by atoms with van der Waals surface area (Å²) in [5.41, 5.74) is 3.39. The number of aryl methyl sites for hydroxylation is 1. The zero-order chi connectivity index (χ0) is 15.4. The molecule has 112 valence electrons. The monoisotopic (exact) mass is 303 g/mol. The van der Waals surface area contributed by atoms with Crippen molar-refractivity contribution in [1.29, 1.82) is 0 Å². The van der Waals surface area contributed by atoms with Gasteiger partial charge in [-0.05, 0) is 44.2 Å². The Morgan fingerprint density at radius 3 is 2.57 bits per heavy atom. The Balaban J connectivity index is 2.25. The molecule has 21 heavy (non-hydrogen) atoms. The van der Waals surface area contributed by atoms with E-state index in [2.05, 4.69) is 35.3 Å². The van der Waals surface area contributed by atoms with Crippen molar-refractivity contribution in [3.8, 4) is 0 Å². The van der Waals surface area contributed by atoms with Crippen LogP contribution in [0.3, 0.4) is 0 Å². The van der Waals surface area contributed by atoms with Gasteiger partial charge in [0.15, 0.2) is 0 Å². The molecule has 0 saturated carbocycles. The van der Waals surface area contributed by atoms with Gasteiger partial charge in [-0.3, -0.25) is 0 Å². The van der Waals surface area contributed by atoms with Crippen molar-refractivity contribution in [3.63, 3.8) is 0 Å². The van der Waals surface area contributed by atoms with E-state index in [1.54, 1.807) is 0 Å². The quantitative estimate of drug-likeness (QED) is 0.906. The van der Waals surface area contributed by atoms with E-state index < -0.39 is 0 Å². The smallest absolute Gasteiger partial charge is 0.129 e. The molecule has 1 atom stereocenters. The number of nitrogens with one attached hydrogen (secondary N) is 1. The fourth-order valence-corrected chi connectivity index (χ4v) is 2.66. The van der Waals surface area contributed by atoms with Gasteiger partial charge in [-0.25, -0.2) is 4.98 Å². The number of rotatable bonds is 5. The minimum Gasteiger partial charge on any atom is -0.353 e. The maximum absolute atomic E-state index is 6.29. The SMILES string of the molecule is CNCc1ccc(N(C)C(C)c2ccccc2Cl)nc1C. The minimum absolute atomic E-state index is 0.167. The zero-order valence-corrected chi connectivity index (χ0v) is 13.8. The second kappa shape index (κ2) is 6.92. The molecule has 3 nitrogen and oxygen atoms in total. The molecule has 0 fully saturated rings. The van der Waals surface area contributed by atoms with Gasteiger partial charge in [0.25, 0.3) is 0 Å². The second-order valence-corrected chi connectivity index (χ2v) is 5.66. The number of halogens is 1. The average molecular weight is 304 g/mol. The van der Waals surface area contributed by atoms with Gasteiger partial charge >= 0.3 is 0 Å². The Labute approximate surface area is 132 Å². The summed E-state index contributed by atoms with van der Waals surface area (Å²) >= 11 is 6.29. The third kappa shape index (κ3) is 3.55. The van der Waals surface area contributed by atoms with Crippen LogP contribution >= 0.6 is 11.6 Å². The van der Waals surface area contributed by atoms with Crippen LogP contribution in [0.5, 0.6) is 0 Å². The van der Waals surface area contributed by atoms with E-state index in [1.807, 2.05) is 39.2 Å². The van der Waals surface area contributed by atoms with Gasteiger partial charge in [-0.15, -0.1) is 0 Å². The largest absolute Gasteiger partial charge is 0.353 e. The normalized spacial score (nSPS) is 12.2. The number of hydrogen-bond donors (Lipinski definition) is 1. The number of pyridine rings is 1. The topological polar surface area (TPSA) is 28.2 Å². The molecular formula is C17H22ClN3. The Bertz CT molecular complexity index is 613. The molecule has 0 aliphatic carbocycles. The fourth-order valence-electron chi connectivity index (χ4n) is 2.37. The molecule has 1 unspecified atom stereocenters. The first-order chi connectivity index (χ1) is 10.0. The lowest BCUT2D eigenvalue weighted by Gasteiger charge is -2.27. The zero-order valence-electron chi connectivity index (χ0n) is 13.0. The highest BCUT2D eigenvalue weighted by Crippen LogP contribution is 2.29. The van der Waals surface area contributed by atoms with Crippen LogP contribution in [0.2, 0.25) is 5.02 Å². The minimum atomic E-state index is 0.167. The maximum Gasteiger partial charge on any atom is 0.129 e. The third-order valence-corrected chi connectivity index (χ3v) is 4.19. The van der Waals surface area contributed by atoms with Crippen LogP contribution in [-0.2, 0) is 6.54 Å². The predicted molar refractivity (Wildman–Crippen MR) is 90.0 cm³/mol. The van der Waals surface area contributed by atoms with Crippen LogP contribution in [0.25, 0.3) is 0 Å². The molecule has 4 heteroatoms. The first kappa shape index (κ1) is 15.8. The van der Waals surface area contributed by atoms with Gasteiger partial charge in [0, 0.05) is 24.3 Å². The van der Waals surface area contributed by atoms with Crippen molar-refractivity contribution < 1.29 is 0 Å². The molecule has 0 aliphatic heterocycles. The molecule has 1 N–H and O–H groups in total. The standard InChI is InChI=1S/C17H22ClN3/c1-12-14(11-19-3)9-10-17(20-12)21(4)13(2)15-7-5-6-8-16(15)18/h5-10,13,19H,11H2,1-4H3. The lowest BCUT2D eigenvalue weighted by molar-refractivity contribution is 0.724. The van der Waals surface area contributed by atoms with Gasteiger partial charge in [0.1, 0.15) is 5.82 Å². The Morgan fingerprint density at radius 1 is 1.24 bits per heavy atom. The van der Waals surface area contributed by atoms with Crippen LogP contribution in [-0.4, -0.2) is 19.1 Å². The molecule has 0 aliphatic rings. The molecule has 0 spiro atoms. The van der Waals surface area contributed by atoms with Crippen LogP contribution in [0.15, 0.2) is 36.4 Å². The second-order valence-electron chi connectivity index (χ2n) is 5.25. The van der Waals surface area contributed by atoms with E-state index in [-0.39, 0.29) is 6.04 Å². The fraction of sp³-hybridized carbons (Fsp3) is 0.353. The van der Waals surface area contributed by atoms with E-state index in [0.29, 0.717) is 0 Å². The van der Waals surface area contributed by atoms with E-state index in [9.17, 15) is 0 Å². The number of hydrogen-bond acceptors (Lipinski definition) is 3. The lowest BCUT2D eigenvalue weighted by Crippen LogP contribution is -2.23. The first-order valence-corrected chi connectivity index (χ1v) is 7.50. The molecule has 1 aromatic carbocycles. The predicted octanol–water partition coefficient (Wildman–Crippen LogP) is 3.96. The molecular weight excluding hydrogens is 282 g/mol. The van der Waals surface area contributed by atoms with Crippen LogP contribution in [0.1, 0.15) is 29.8 Å². The molecule has 2 aromatic rings. The molecule has 0 amide bonds. The molecule has 0 saturated heterocycles. The van der Waals surface area contributed by atoms with Gasteiger partial charge in [0.2, 0.25) is 0 Å². The summed E-state index contributed by atoms with van der Waals surface area (Å²) in [4.78, 5) is 6.86. The highest BCUT2D eigenvalue weighted by Gasteiger charge is 2.16. The Kier molecular flexibility index (Phi) is 5.21. The van der Waals surface area contributed by atoms with Crippen molar-refractivity contribution in [1.82, 2.24) is 10.3 Å². The van der Waals surface area contributed by atoms with E-state index in [1.165, 1.54) is 5.56 Å². The summed E-state index contributed by atoms with van der Waals surface area (Å²) < 4.78 is 0. The number of nitrogens with zero attached hydrogens (tertiary/aromatic N) is 2. The van der Waals surface area contributed by atoms with Crippen LogP contribution < -0.4 is 10.2 Å². The van der Waals surface area contributed by atoms with Crippen molar-refractivity contribution in [2.45, 2.75) is 26.4 Å². The summed E-state index contributed by atoms with van der Waals surface area (Å²) in [6, 6.07) is 12.3. The molecule has 1 aromatic heterocycles. The highest BCUT2D eigenvalue weighted by atomic mass is 35.5. The van der Waals surface area contributed by atoms with E-state index in [4.69, 9.17) is 16.6 Å². The van der Waals surface area contributed by atoms with Crippen molar-refractivity contribution in [3.05, 3.63) is 58.2 Å². The molecule has 1 heterocycles. The number of anilines is 1. The maximum atomic E-state index is 6.29. The number of aromatic nitrogens is 1. The van der Waals surface area contributed by atoms with E-state index in [0.717, 1.165) is 28.6 Å². The van der Waals surface area contributed by atoms with Crippen molar-refractivity contribution >= 4 is 17.4 Å². The highest BCUT2D eigenvalue weighted by molar-refractivity contribution is 6.31.